The molecule has 1 aliphatic heterocycles. The van der Waals surface area contributed by atoms with Gasteiger partial charge in [-0.15, -0.1) is 0 Å². The van der Waals surface area contributed by atoms with Crippen LogP contribution in [-0.2, 0) is 4.74 Å². The molecule has 6 nitrogen and oxygen atoms in total. The van der Waals surface area contributed by atoms with E-state index in [1.54, 1.807) is 0 Å². The molecule has 1 unspecified atom stereocenters. The fraction of sp³-hybridized carbons (Fsp3) is 0.750. The second-order valence-electron chi connectivity index (χ2n) is 4.97. The summed E-state index contributed by atoms with van der Waals surface area (Å²) >= 11 is 0. The normalized spacial score (nSPS) is 23.2. The van der Waals surface area contributed by atoms with Crippen molar-refractivity contribution in [2.45, 2.75) is 24.9 Å². The molecule has 1 saturated carbocycles. The zero-order valence-electron chi connectivity index (χ0n) is 10.6. The summed E-state index contributed by atoms with van der Waals surface area (Å²) in [6.45, 7) is 3.97. The minimum atomic E-state index is 0.145. The first-order valence-electron chi connectivity index (χ1n) is 6.69. The van der Waals surface area contributed by atoms with Crippen molar-refractivity contribution >= 4 is 0 Å². The van der Waals surface area contributed by atoms with Crippen LogP contribution in [0.25, 0.3) is 0 Å². The van der Waals surface area contributed by atoms with Gasteiger partial charge in [-0.1, -0.05) is 0 Å². The van der Waals surface area contributed by atoms with Crippen molar-refractivity contribution in [2.24, 2.45) is 5.73 Å². The highest BCUT2D eigenvalue weighted by atomic mass is 16.5. The molecule has 0 amide bonds. The van der Waals surface area contributed by atoms with Gasteiger partial charge in [-0.25, -0.2) is 15.4 Å². The minimum absolute atomic E-state index is 0.145. The Morgan fingerprint density at radius 3 is 2.89 bits per heavy atom. The van der Waals surface area contributed by atoms with Gasteiger partial charge >= 0.3 is 0 Å². The lowest BCUT2D eigenvalue weighted by molar-refractivity contribution is 0.00343. The average molecular weight is 251 g/mol. The van der Waals surface area contributed by atoms with Gasteiger partial charge in [0.1, 0.15) is 0 Å². The molecule has 100 valence electrons. The lowest BCUT2D eigenvalue weighted by Gasteiger charge is -2.31. The molecule has 1 aliphatic carbocycles. The van der Waals surface area contributed by atoms with Crippen molar-refractivity contribution in [1.82, 2.24) is 20.0 Å². The van der Waals surface area contributed by atoms with E-state index in [9.17, 15) is 0 Å². The van der Waals surface area contributed by atoms with Crippen molar-refractivity contribution in [3.05, 3.63) is 18.2 Å². The van der Waals surface area contributed by atoms with E-state index in [1.165, 1.54) is 18.5 Å². The fourth-order valence-corrected chi connectivity index (χ4v) is 2.40. The highest BCUT2D eigenvalue weighted by molar-refractivity contribution is 5.09. The third-order valence-corrected chi connectivity index (χ3v) is 3.58. The molecule has 0 radical (unpaired) electrons. The van der Waals surface area contributed by atoms with Crippen molar-refractivity contribution in [3.63, 3.8) is 0 Å². The van der Waals surface area contributed by atoms with E-state index in [0.29, 0.717) is 12.6 Å². The number of imidazole rings is 1. The van der Waals surface area contributed by atoms with Crippen LogP contribution in [0.1, 0.15) is 30.6 Å². The van der Waals surface area contributed by atoms with E-state index in [4.69, 9.17) is 10.5 Å². The van der Waals surface area contributed by atoms with Crippen molar-refractivity contribution in [1.29, 1.82) is 0 Å². The quantitative estimate of drug-likeness (QED) is 0.774. The number of hydrogen-bond donors (Lipinski definition) is 2. The van der Waals surface area contributed by atoms with E-state index >= 15 is 0 Å². The van der Waals surface area contributed by atoms with Crippen LogP contribution in [0.15, 0.2) is 12.5 Å². The molecular weight excluding hydrogens is 230 g/mol. The van der Waals surface area contributed by atoms with Crippen molar-refractivity contribution in [3.8, 4) is 0 Å². The first-order valence-corrected chi connectivity index (χ1v) is 6.69. The van der Waals surface area contributed by atoms with Gasteiger partial charge in [0, 0.05) is 31.9 Å². The fourth-order valence-electron chi connectivity index (χ4n) is 2.40. The number of hydrazine groups is 1. The first kappa shape index (κ1) is 12.1. The number of aromatic nitrogens is 2. The maximum Gasteiger partial charge on any atom is 0.0951 e. The Hall–Kier alpha value is -0.950. The highest BCUT2D eigenvalue weighted by Gasteiger charge is 2.28. The van der Waals surface area contributed by atoms with Gasteiger partial charge < -0.3 is 15.0 Å². The van der Waals surface area contributed by atoms with E-state index in [2.05, 4.69) is 20.0 Å². The predicted molar refractivity (Wildman–Crippen MR) is 67.8 cm³/mol. The van der Waals surface area contributed by atoms with Gasteiger partial charge in [0.25, 0.3) is 0 Å². The average Bonchev–Trinajstić information content (AvgIpc) is 3.15. The largest absolute Gasteiger partial charge is 0.379 e. The van der Waals surface area contributed by atoms with Crippen LogP contribution in [-0.4, -0.2) is 47.4 Å². The number of rotatable bonds is 5. The standard InChI is InChI=1S/C12H21N5O/c13-7-11(15-16-3-5-18-6-4-16)12-8-14-9-17(12)10-1-2-10/h8-11,15H,1-7,13H2. The SMILES string of the molecule is NCC(NN1CCOCC1)c1cncn1C1CC1. The zero-order chi connectivity index (χ0) is 12.4. The number of morpholine rings is 1. The Bertz CT molecular complexity index is 384. The Balaban J connectivity index is 1.68. The summed E-state index contributed by atoms with van der Waals surface area (Å²) < 4.78 is 7.62. The number of hydrogen-bond acceptors (Lipinski definition) is 5. The molecule has 3 rings (SSSR count). The topological polar surface area (TPSA) is 68.3 Å². The molecule has 1 atom stereocenters. The first-order chi connectivity index (χ1) is 8.88. The second-order valence-corrected chi connectivity index (χ2v) is 4.97. The Morgan fingerprint density at radius 1 is 1.44 bits per heavy atom. The highest BCUT2D eigenvalue weighted by Crippen LogP contribution is 2.36. The number of nitrogens with one attached hydrogen (secondary N) is 1. The van der Waals surface area contributed by atoms with Crippen LogP contribution in [0.5, 0.6) is 0 Å². The van der Waals surface area contributed by atoms with Gasteiger partial charge in [0.2, 0.25) is 0 Å². The summed E-state index contributed by atoms with van der Waals surface area (Å²) in [6, 6.07) is 0.786. The summed E-state index contributed by atoms with van der Waals surface area (Å²) in [5.41, 5.74) is 10.6. The second kappa shape index (κ2) is 5.36. The van der Waals surface area contributed by atoms with Crippen LogP contribution >= 0.6 is 0 Å². The van der Waals surface area contributed by atoms with E-state index < -0.39 is 0 Å². The molecule has 18 heavy (non-hydrogen) atoms. The zero-order valence-corrected chi connectivity index (χ0v) is 10.6. The third kappa shape index (κ3) is 2.56. The van der Waals surface area contributed by atoms with Crippen LogP contribution < -0.4 is 11.2 Å². The van der Waals surface area contributed by atoms with Crippen LogP contribution in [0.3, 0.4) is 0 Å². The van der Waals surface area contributed by atoms with E-state index in [1.807, 2.05) is 12.5 Å². The molecule has 0 spiro atoms. The number of ether oxygens (including phenoxy) is 1. The maximum atomic E-state index is 5.91. The van der Waals surface area contributed by atoms with Crippen LogP contribution in [0.4, 0.5) is 0 Å². The summed E-state index contributed by atoms with van der Waals surface area (Å²) in [4.78, 5) is 4.27. The molecule has 1 saturated heterocycles. The van der Waals surface area contributed by atoms with Gasteiger partial charge in [0.15, 0.2) is 0 Å². The molecule has 6 heteroatoms. The lowest BCUT2D eigenvalue weighted by atomic mass is 10.2. The van der Waals surface area contributed by atoms with E-state index in [-0.39, 0.29) is 6.04 Å². The molecule has 1 aromatic rings. The van der Waals surface area contributed by atoms with E-state index in [0.717, 1.165) is 26.3 Å². The molecule has 2 fully saturated rings. The molecule has 1 aromatic heterocycles. The van der Waals surface area contributed by atoms with Crippen molar-refractivity contribution in [2.75, 3.05) is 32.8 Å². The Morgan fingerprint density at radius 2 is 2.22 bits per heavy atom. The Kier molecular flexibility index (Phi) is 3.60. The molecule has 3 N–H and O–H groups in total. The van der Waals surface area contributed by atoms with Crippen LogP contribution in [0.2, 0.25) is 0 Å². The van der Waals surface area contributed by atoms with Gasteiger partial charge in [0.05, 0.1) is 31.3 Å². The monoisotopic (exact) mass is 251 g/mol. The van der Waals surface area contributed by atoms with Gasteiger partial charge in [-0.05, 0) is 12.8 Å². The summed E-state index contributed by atoms with van der Waals surface area (Å²) in [6.07, 6.45) is 6.39. The smallest absolute Gasteiger partial charge is 0.0951 e. The summed E-state index contributed by atoms with van der Waals surface area (Å²) in [7, 11) is 0. The van der Waals surface area contributed by atoms with Crippen molar-refractivity contribution < 1.29 is 4.74 Å². The number of nitrogens with two attached hydrogens (primary N) is 1. The lowest BCUT2D eigenvalue weighted by Crippen LogP contribution is -2.49. The predicted octanol–water partition coefficient (Wildman–Crippen LogP) is 0.0546. The molecule has 0 aromatic carbocycles. The number of nitrogens with zero attached hydrogens (tertiary/aromatic N) is 3. The summed E-state index contributed by atoms with van der Waals surface area (Å²) in [5, 5.41) is 2.20. The minimum Gasteiger partial charge on any atom is -0.379 e. The molecule has 2 aliphatic rings. The molecule has 0 bridgehead atoms. The molecule has 2 heterocycles. The van der Waals surface area contributed by atoms with Gasteiger partial charge in [-0.3, -0.25) is 0 Å². The van der Waals surface area contributed by atoms with Crippen LogP contribution in [0, 0.1) is 0 Å². The van der Waals surface area contributed by atoms with Gasteiger partial charge in [-0.2, -0.15) is 0 Å². The maximum absolute atomic E-state index is 5.91. The third-order valence-electron chi connectivity index (χ3n) is 3.58. The summed E-state index contributed by atoms with van der Waals surface area (Å²) in [5.74, 6) is 0. The Labute approximate surface area is 107 Å². The molecular formula is C12H21N5O.